The first-order valence-corrected chi connectivity index (χ1v) is 7.06. The average molecular weight is 374 g/mol. The van der Waals surface area contributed by atoms with Gasteiger partial charge in [-0.15, -0.1) is 0 Å². The molecule has 0 N–H and O–H groups in total. The first kappa shape index (κ1) is 13.6. The second-order valence-corrected chi connectivity index (χ2v) is 5.54. The molecule has 2 rings (SSSR count). The summed E-state index contributed by atoms with van der Waals surface area (Å²) in [5.41, 5.74) is 1.57. The Bertz CT molecular complexity index is 557. The van der Waals surface area contributed by atoms with E-state index in [1.54, 1.807) is 12.1 Å². The molecule has 94 valence electrons. The van der Waals surface area contributed by atoms with E-state index in [4.69, 9.17) is 4.74 Å². The molecule has 1 unspecified atom stereocenters. The van der Waals surface area contributed by atoms with Crippen molar-refractivity contribution >= 4 is 31.9 Å². The summed E-state index contributed by atoms with van der Waals surface area (Å²) >= 11 is 7.00. The maximum absolute atomic E-state index is 14.0. The lowest BCUT2D eigenvalue weighted by Gasteiger charge is -2.14. The summed E-state index contributed by atoms with van der Waals surface area (Å²) in [6, 6.07) is 12.6. The van der Waals surface area contributed by atoms with Gasteiger partial charge in [-0.25, -0.2) is 4.39 Å². The zero-order valence-corrected chi connectivity index (χ0v) is 12.8. The van der Waals surface area contributed by atoms with Gasteiger partial charge in [0.1, 0.15) is 11.6 Å². The lowest BCUT2D eigenvalue weighted by Crippen LogP contribution is -1.98. The number of halogens is 3. The molecule has 0 amide bonds. The van der Waals surface area contributed by atoms with Gasteiger partial charge < -0.3 is 4.74 Å². The van der Waals surface area contributed by atoms with Crippen LogP contribution < -0.4 is 4.74 Å². The normalized spacial score (nSPS) is 12.2. The monoisotopic (exact) mass is 372 g/mol. The van der Waals surface area contributed by atoms with Gasteiger partial charge in [0.05, 0.1) is 11.9 Å². The lowest BCUT2D eigenvalue weighted by molar-refractivity contribution is 0.411. The highest BCUT2D eigenvalue weighted by Crippen LogP contribution is 2.37. The topological polar surface area (TPSA) is 9.23 Å². The summed E-state index contributed by atoms with van der Waals surface area (Å²) in [4.78, 5) is -0.195. The minimum atomic E-state index is -0.285. The molecule has 1 atom stereocenters. The van der Waals surface area contributed by atoms with Crippen LogP contribution in [0.25, 0.3) is 0 Å². The fourth-order valence-corrected chi connectivity index (χ4v) is 3.28. The van der Waals surface area contributed by atoms with Gasteiger partial charge in [-0.3, -0.25) is 0 Å². The van der Waals surface area contributed by atoms with E-state index in [9.17, 15) is 4.39 Å². The van der Waals surface area contributed by atoms with Gasteiger partial charge in [0.15, 0.2) is 0 Å². The van der Waals surface area contributed by atoms with Gasteiger partial charge in [0, 0.05) is 16.1 Å². The average Bonchev–Trinajstić information content (AvgIpc) is 2.38. The number of benzene rings is 2. The number of alkyl halides is 1. The number of methoxy groups -OCH3 is 1. The molecular formula is C14H11Br2FO. The first-order chi connectivity index (χ1) is 8.63. The fraction of sp³-hybridized carbons (Fsp3) is 0.143. The van der Waals surface area contributed by atoms with Crippen LogP contribution in [-0.2, 0) is 0 Å². The SMILES string of the molecule is COc1ccc(C(Br)c2ccccc2Br)c(F)c1. The molecular weight excluding hydrogens is 363 g/mol. The largest absolute Gasteiger partial charge is 0.497 e. The molecule has 0 aliphatic heterocycles. The third-order valence-corrected chi connectivity index (χ3v) is 4.37. The van der Waals surface area contributed by atoms with Gasteiger partial charge in [-0.1, -0.05) is 56.1 Å². The maximum Gasteiger partial charge on any atom is 0.131 e. The predicted molar refractivity (Wildman–Crippen MR) is 77.9 cm³/mol. The van der Waals surface area contributed by atoms with Gasteiger partial charge in [-0.2, -0.15) is 0 Å². The molecule has 2 aromatic rings. The molecule has 0 bridgehead atoms. The molecule has 0 heterocycles. The van der Waals surface area contributed by atoms with E-state index in [2.05, 4.69) is 31.9 Å². The van der Waals surface area contributed by atoms with Gasteiger partial charge in [-0.05, 0) is 17.7 Å². The summed E-state index contributed by atoms with van der Waals surface area (Å²) in [7, 11) is 1.52. The molecule has 0 aliphatic carbocycles. The van der Waals surface area contributed by atoms with Gasteiger partial charge in [0.2, 0.25) is 0 Å². The minimum Gasteiger partial charge on any atom is -0.497 e. The highest BCUT2D eigenvalue weighted by molar-refractivity contribution is 9.11. The van der Waals surface area contributed by atoms with Crippen LogP contribution in [0.3, 0.4) is 0 Å². The molecule has 0 saturated heterocycles. The third kappa shape index (κ3) is 2.75. The van der Waals surface area contributed by atoms with E-state index < -0.39 is 0 Å². The summed E-state index contributed by atoms with van der Waals surface area (Å²) < 4.78 is 19.9. The third-order valence-electron chi connectivity index (χ3n) is 2.66. The second kappa shape index (κ2) is 5.85. The zero-order valence-electron chi connectivity index (χ0n) is 9.66. The quantitative estimate of drug-likeness (QED) is 0.681. The predicted octanol–water partition coefficient (Wildman–Crippen LogP) is 5.08. The second-order valence-electron chi connectivity index (χ2n) is 3.77. The van der Waals surface area contributed by atoms with Crippen LogP contribution in [0.2, 0.25) is 0 Å². The van der Waals surface area contributed by atoms with E-state index in [1.807, 2.05) is 24.3 Å². The first-order valence-electron chi connectivity index (χ1n) is 5.35. The van der Waals surface area contributed by atoms with E-state index in [-0.39, 0.29) is 10.6 Å². The molecule has 4 heteroatoms. The Morgan fingerprint density at radius 2 is 1.83 bits per heavy atom. The van der Waals surface area contributed by atoms with Crippen LogP contribution in [0.15, 0.2) is 46.9 Å². The molecule has 18 heavy (non-hydrogen) atoms. The Labute approximate surface area is 122 Å². The number of ether oxygens (including phenoxy) is 1. The van der Waals surface area contributed by atoms with Crippen molar-refractivity contribution in [3.05, 3.63) is 63.9 Å². The van der Waals surface area contributed by atoms with Crippen LogP contribution in [-0.4, -0.2) is 7.11 Å². The zero-order chi connectivity index (χ0) is 13.1. The molecule has 2 aromatic carbocycles. The van der Waals surface area contributed by atoms with E-state index >= 15 is 0 Å². The molecule has 0 aliphatic rings. The molecule has 0 spiro atoms. The molecule has 0 aromatic heterocycles. The van der Waals surface area contributed by atoms with Crippen molar-refractivity contribution in [2.45, 2.75) is 4.83 Å². The standard InChI is InChI=1S/C14H11Br2FO/c1-18-9-6-7-11(13(17)8-9)14(16)10-4-2-3-5-12(10)15/h2-8,14H,1H3. The van der Waals surface area contributed by atoms with Crippen molar-refractivity contribution in [3.63, 3.8) is 0 Å². The van der Waals surface area contributed by atoms with Crippen molar-refractivity contribution in [1.29, 1.82) is 0 Å². The molecule has 0 radical (unpaired) electrons. The van der Waals surface area contributed by atoms with Crippen LogP contribution in [0, 0.1) is 5.82 Å². The van der Waals surface area contributed by atoms with Crippen LogP contribution in [0.5, 0.6) is 5.75 Å². The van der Waals surface area contributed by atoms with Crippen molar-refractivity contribution < 1.29 is 9.13 Å². The summed E-state index contributed by atoms with van der Waals surface area (Å²) in [6.07, 6.45) is 0. The van der Waals surface area contributed by atoms with E-state index in [1.165, 1.54) is 13.2 Å². The van der Waals surface area contributed by atoms with E-state index in [0.717, 1.165) is 10.0 Å². The summed E-state index contributed by atoms with van der Waals surface area (Å²) in [6.45, 7) is 0. The Hall–Kier alpha value is -0.870. The molecule has 0 fully saturated rings. The van der Waals surface area contributed by atoms with Crippen LogP contribution in [0.1, 0.15) is 16.0 Å². The Balaban J connectivity index is 2.40. The fourth-order valence-electron chi connectivity index (χ4n) is 1.69. The molecule has 1 nitrogen and oxygen atoms in total. The molecule has 0 saturated carbocycles. The van der Waals surface area contributed by atoms with Crippen LogP contribution in [0.4, 0.5) is 4.39 Å². The van der Waals surface area contributed by atoms with Gasteiger partial charge >= 0.3 is 0 Å². The summed E-state index contributed by atoms with van der Waals surface area (Å²) in [5.74, 6) is 0.232. The number of hydrogen-bond acceptors (Lipinski definition) is 1. The number of hydrogen-bond donors (Lipinski definition) is 0. The van der Waals surface area contributed by atoms with Crippen molar-refractivity contribution in [2.75, 3.05) is 7.11 Å². The van der Waals surface area contributed by atoms with Crippen molar-refractivity contribution in [3.8, 4) is 5.75 Å². The van der Waals surface area contributed by atoms with Gasteiger partial charge in [0.25, 0.3) is 0 Å². The van der Waals surface area contributed by atoms with Crippen molar-refractivity contribution in [1.82, 2.24) is 0 Å². The lowest BCUT2D eigenvalue weighted by atomic mass is 10.0. The highest BCUT2D eigenvalue weighted by Gasteiger charge is 2.17. The Morgan fingerprint density at radius 3 is 2.44 bits per heavy atom. The van der Waals surface area contributed by atoms with Crippen molar-refractivity contribution in [2.24, 2.45) is 0 Å². The Morgan fingerprint density at radius 1 is 1.11 bits per heavy atom. The minimum absolute atomic E-state index is 0.195. The smallest absolute Gasteiger partial charge is 0.131 e. The Kier molecular flexibility index (Phi) is 4.40. The van der Waals surface area contributed by atoms with E-state index in [0.29, 0.717) is 11.3 Å². The number of rotatable bonds is 3. The summed E-state index contributed by atoms with van der Waals surface area (Å²) in [5, 5.41) is 0. The highest BCUT2D eigenvalue weighted by atomic mass is 79.9. The maximum atomic E-state index is 14.0. The van der Waals surface area contributed by atoms with Crippen LogP contribution >= 0.6 is 31.9 Å².